The zero-order chi connectivity index (χ0) is 11.8. The van der Waals surface area contributed by atoms with Gasteiger partial charge in [0.1, 0.15) is 17.2 Å². The van der Waals surface area contributed by atoms with Crippen LogP contribution in [0.15, 0.2) is 18.2 Å². The van der Waals surface area contributed by atoms with Gasteiger partial charge in [0.2, 0.25) is 0 Å². The molecule has 2 rings (SSSR count). The largest absolute Gasteiger partial charge is 0.386 e. The quantitative estimate of drug-likeness (QED) is 0.691. The zero-order valence-electron chi connectivity index (χ0n) is 8.71. The Bertz CT molecular complexity index is 373. The average Bonchev–Trinajstić information content (AvgIpc) is 2.20. The van der Waals surface area contributed by atoms with Crippen LogP contribution in [-0.2, 0) is 6.42 Å². The van der Waals surface area contributed by atoms with Crippen molar-refractivity contribution in [2.75, 3.05) is 13.1 Å². The van der Waals surface area contributed by atoms with Crippen molar-refractivity contribution in [2.45, 2.75) is 18.1 Å². The molecule has 1 aromatic rings. The molecular weight excluding hydrogens is 214 g/mol. The van der Waals surface area contributed by atoms with E-state index in [2.05, 4.69) is 5.32 Å². The first-order valence-electron chi connectivity index (χ1n) is 5.14. The van der Waals surface area contributed by atoms with E-state index in [0.717, 1.165) is 0 Å². The third-order valence-corrected chi connectivity index (χ3v) is 3.04. The monoisotopic (exact) mass is 228 g/mol. The van der Waals surface area contributed by atoms with Gasteiger partial charge >= 0.3 is 0 Å². The normalized spacial score (nSPS) is 20.2. The van der Waals surface area contributed by atoms with E-state index in [0.29, 0.717) is 13.1 Å². The van der Waals surface area contributed by atoms with Gasteiger partial charge in [-0.05, 0) is 18.6 Å². The Morgan fingerprint density at radius 1 is 1.38 bits per heavy atom. The summed E-state index contributed by atoms with van der Waals surface area (Å²) in [5.41, 5.74) is 4.65. The van der Waals surface area contributed by atoms with Gasteiger partial charge < -0.3 is 16.2 Å². The number of nitrogens with two attached hydrogens (primary N) is 1. The van der Waals surface area contributed by atoms with Gasteiger partial charge in [0, 0.05) is 24.7 Å². The third-order valence-electron chi connectivity index (χ3n) is 3.04. The number of halogens is 2. The van der Waals surface area contributed by atoms with Crippen molar-refractivity contribution >= 4 is 0 Å². The van der Waals surface area contributed by atoms with Gasteiger partial charge in [0.05, 0.1) is 0 Å². The Labute approximate surface area is 92.3 Å². The van der Waals surface area contributed by atoms with Crippen molar-refractivity contribution in [3.8, 4) is 0 Å². The first-order valence-corrected chi connectivity index (χ1v) is 5.14. The van der Waals surface area contributed by atoms with Crippen LogP contribution in [0.4, 0.5) is 8.78 Å². The molecule has 1 atom stereocenters. The molecule has 0 radical (unpaired) electrons. The van der Waals surface area contributed by atoms with E-state index < -0.39 is 23.3 Å². The van der Waals surface area contributed by atoms with Crippen LogP contribution in [-0.4, -0.2) is 29.8 Å². The Kier molecular flexibility index (Phi) is 2.92. The van der Waals surface area contributed by atoms with Gasteiger partial charge in [0.15, 0.2) is 0 Å². The van der Waals surface area contributed by atoms with Crippen molar-refractivity contribution < 1.29 is 13.9 Å². The second-order valence-corrected chi connectivity index (χ2v) is 4.22. The summed E-state index contributed by atoms with van der Waals surface area (Å²) >= 11 is 0. The fourth-order valence-electron chi connectivity index (χ4n) is 1.78. The van der Waals surface area contributed by atoms with Crippen molar-refractivity contribution in [1.82, 2.24) is 5.32 Å². The standard InChI is InChI=1S/C11H14F2N2O/c12-8-2-1-3-9(13)7(8)4-10(14)11(16)5-15-6-11/h1-3,10,15-16H,4-6,14H2. The summed E-state index contributed by atoms with van der Waals surface area (Å²) in [7, 11) is 0. The second kappa shape index (κ2) is 4.08. The SMILES string of the molecule is NC(Cc1c(F)cccc1F)C1(O)CNC1. The highest BCUT2D eigenvalue weighted by atomic mass is 19.1. The van der Waals surface area contributed by atoms with Crippen LogP contribution in [0.1, 0.15) is 5.56 Å². The molecule has 1 saturated heterocycles. The molecule has 0 amide bonds. The van der Waals surface area contributed by atoms with Crippen molar-refractivity contribution in [3.05, 3.63) is 35.4 Å². The molecule has 88 valence electrons. The molecule has 1 fully saturated rings. The van der Waals surface area contributed by atoms with Crippen LogP contribution in [0.2, 0.25) is 0 Å². The number of nitrogens with one attached hydrogen (secondary N) is 1. The van der Waals surface area contributed by atoms with E-state index in [9.17, 15) is 13.9 Å². The topological polar surface area (TPSA) is 58.3 Å². The van der Waals surface area contributed by atoms with Gasteiger partial charge in [-0.2, -0.15) is 0 Å². The Balaban J connectivity index is 2.14. The first kappa shape index (κ1) is 11.4. The highest BCUT2D eigenvalue weighted by molar-refractivity contribution is 5.22. The molecule has 0 spiro atoms. The van der Waals surface area contributed by atoms with E-state index in [1.54, 1.807) is 0 Å². The molecule has 5 heteroatoms. The summed E-state index contributed by atoms with van der Waals surface area (Å²) in [6.07, 6.45) is -0.00329. The van der Waals surface area contributed by atoms with E-state index in [1.165, 1.54) is 18.2 Å². The van der Waals surface area contributed by atoms with Crippen molar-refractivity contribution in [3.63, 3.8) is 0 Å². The summed E-state index contributed by atoms with van der Waals surface area (Å²) in [5, 5.41) is 12.8. The van der Waals surface area contributed by atoms with Gasteiger partial charge in [-0.15, -0.1) is 0 Å². The molecule has 1 aromatic carbocycles. The molecule has 0 bridgehead atoms. The lowest BCUT2D eigenvalue weighted by molar-refractivity contribution is -0.0324. The lowest BCUT2D eigenvalue weighted by Gasteiger charge is -2.42. The average molecular weight is 228 g/mol. The fraction of sp³-hybridized carbons (Fsp3) is 0.455. The summed E-state index contributed by atoms with van der Waals surface area (Å²) in [6.45, 7) is 0.731. The summed E-state index contributed by atoms with van der Waals surface area (Å²) in [4.78, 5) is 0. The number of hydrogen-bond donors (Lipinski definition) is 3. The predicted octanol–water partition coefficient (Wildman–Crippen LogP) is 0.169. The fourth-order valence-corrected chi connectivity index (χ4v) is 1.78. The maximum absolute atomic E-state index is 13.3. The number of benzene rings is 1. The minimum atomic E-state index is -1.05. The number of rotatable bonds is 3. The van der Waals surface area contributed by atoms with Crippen LogP contribution < -0.4 is 11.1 Å². The van der Waals surface area contributed by atoms with E-state index in [1.807, 2.05) is 0 Å². The maximum Gasteiger partial charge on any atom is 0.129 e. The molecule has 1 aliphatic rings. The lowest BCUT2D eigenvalue weighted by Crippen LogP contribution is -2.68. The van der Waals surface area contributed by atoms with E-state index >= 15 is 0 Å². The van der Waals surface area contributed by atoms with Gasteiger partial charge in [0.25, 0.3) is 0 Å². The Morgan fingerprint density at radius 2 is 1.94 bits per heavy atom. The first-order chi connectivity index (χ1) is 7.53. The molecule has 1 aliphatic heterocycles. The summed E-state index contributed by atoms with van der Waals surface area (Å²) in [5.74, 6) is -1.24. The molecular formula is C11H14F2N2O. The Morgan fingerprint density at radius 3 is 2.38 bits per heavy atom. The summed E-state index contributed by atoms with van der Waals surface area (Å²) in [6, 6.07) is 3.02. The molecule has 0 aromatic heterocycles. The molecule has 4 N–H and O–H groups in total. The van der Waals surface area contributed by atoms with Crippen molar-refractivity contribution in [2.24, 2.45) is 5.73 Å². The van der Waals surface area contributed by atoms with Crippen LogP contribution in [0.3, 0.4) is 0 Å². The maximum atomic E-state index is 13.3. The minimum Gasteiger partial charge on any atom is -0.386 e. The molecule has 0 aliphatic carbocycles. The Hall–Kier alpha value is -1.04. The summed E-state index contributed by atoms with van der Waals surface area (Å²) < 4.78 is 26.7. The molecule has 0 saturated carbocycles. The van der Waals surface area contributed by atoms with E-state index in [4.69, 9.17) is 5.73 Å². The highest BCUT2D eigenvalue weighted by Crippen LogP contribution is 2.21. The number of aliphatic hydroxyl groups is 1. The van der Waals surface area contributed by atoms with Gasteiger partial charge in [-0.1, -0.05) is 6.07 Å². The van der Waals surface area contributed by atoms with Crippen LogP contribution in [0.25, 0.3) is 0 Å². The molecule has 1 heterocycles. The molecule has 3 nitrogen and oxygen atoms in total. The van der Waals surface area contributed by atoms with Crippen molar-refractivity contribution in [1.29, 1.82) is 0 Å². The highest BCUT2D eigenvalue weighted by Gasteiger charge is 2.40. The second-order valence-electron chi connectivity index (χ2n) is 4.22. The zero-order valence-corrected chi connectivity index (χ0v) is 8.71. The third kappa shape index (κ3) is 1.93. The van der Waals surface area contributed by atoms with Crippen LogP contribution in [0, 0.1) is 11.6 Å². The molecule has 1 unspecified atom stereocenters. The van der Waals surface area contributed by atoms with Gasteiger partial charge in [-0.3, -0.25) is 0 Å². The lowest BCUT2D eigenvalue weighted by atomic mass is 9.85. The number of hydrogen-bond acceptors (Lipinski definition) is 3. The number of β-amino-alcohol motifs (C(OH)–C–C–N with tert-alkyl or cyclic N) is 1. The van der Waals surface area contributed by atoms with Crippen LogP contribution >= 0.6 is 0 Å². The minimum absolute atomic E-state index is 0.00329. The smallest absolute Gasteiger partial charge is 0.129 e. The predicted molar refractivity (Wildman–Crippen MR) is 55.9 cm³/mol. The molecule has 16 heavy (non-hydrogen) atoms. The van der Waals surface area contributed by atoms with Gasteiger partial charge in [-0.25, -0.2) is 8.78 Å². The van der Waals surface area contributed by atoms with E-state index in [-0.39, 0.29) is 12.0 Å². The van der Waals surface area contributed by atoms with Crippen LogP contribution in [0.5, 0.6) is 0 Å².